The van der Waals surface area contributed by atoms with Crippen molar-refractivity contribution in [3.8, 4) is 0 Å². The number of alkyl halides is 2. The van der Waals surface area contributed by atoms with Crippen LogP contribution in [0.25, 0.3) is 0 Å². The largest absolute Gasteiger partial charge is 0.335 e. The molecule has 1 rings (SSSR count). The molecular weight excluding hydrogens is 333 g/mol. The Hall–Kier alpha value is -0.820. The predicted molar refractivity (Wildman–Crippen MR) is 79.9 cm³/mol. The van der Waals surface area contributed by atoms with E-state index in [2.05, 4.69) is 10.6 Å². The number of carbonyl (C=O) groups is 2. The first kappa shape index (κ1) is 16.2. The number of hydrogen-bond donors (Lipinski definition) is 2. The highest BCUT2D eigenvalue weighted by Gasteiger charge is 2.15. The topological polar surface area (TPSA) is 61.4 Å². The molecule has 104 valence electrons. The quantitative estimate of drug-likeness (QED) is 0.646. The van der Waals surface area contributed by atoms with Gasteiger partial charge in [-0.1, -0.05) is 34.8 Å². The van der Waals surface area contributed by atoms with Crippen LogP contribution < -0.4 is 10.6 Å². The van der Waals surface area contributed by atoms with Crippen molar-refractivity contribution in [2.45, 2.75) is 4.17 Å². The highest BCUT2D eigenvalue weighted by atomic mass is 35.5. The number of benzene rings is 1. The fourth-order valence-electron chi connectivity index (χ4n) is 1.04. The van der Waals surface area contributed by atoms with Gasteiger partial charge < -0.3 is 5.32 Å². The van der Waals surface area contributed by atoms with Gasteiger partial charge in [0.05, 0.1) is 0 Å². The van der Waals surface area contributed by atoms with Gasteiger partial charge in [-0.25, -0.2) is 9.59 Å². The van der Waals surface area contributed by atoms with Crippen LogP contribution in [-0.2, 0) is 0 Å². The maximum absolute atomic E-state index is 11.5. The van der Waals surface area contributed by atoms with E-state index in [-0.39, 0.29) is 0 Å². The van der Waals surface area contributed by atoms with E-state index in [9.17, 15) is 9.59 Å². The van der Waals surface area contributed by atoms with Crippen LogP contribution in [0.15, 0.2) is 24.3 Å². The van der Waals surface area contributed by atoms with Gasteiger partial charge in [0, 0.05) is 17.8 Å². The lowest BCUT2D eigenvalue weighted by atomic mass is 10.3. The molecule has 0 unspecified atom stereocenters. The molecule has 0 aliphatic rings. The van der Waals surface area contributed by atoms with E-state index >= 15 is 0 Å². The number of urea groups is 2. The Morgan fingerprint density at radius 2 is 1.84 bits per heavy atom. The van der Waals surface area contributed by atoms with E-state index in [1.807, 2.05) is 0 Å². The third-order valence-corrected chi connectivity index (χ3v) is 3.22. The first-order valence-corrected chi connectivity index (χ1v) is 7.03. The van der Waals surface area contributed by atoms with Crippen LogP contribution in [0.2, 0.25) is 5.02 Å². The molecule has 0 fully saturated rings. The maximum Gasteiger partial charge on any atom is 0.335 e. The maximum atomic E-state index is 11.5. The fraction of sp³-hybridized carbons (Fsp3) is 0.200. The van der Waals surface area contributed by atoms with E-state index in [1.54, 1.807) is 24.3 Å². The van der Waals surface area contributed by atoms with Crippen molar-refractivity contribution in [3.63, 3.8) is 0 Å². The number of nitrogens with one attached hydrogen (secondary N) is 2. The van der Waals surface area contributed by atoms with Crippen molar-refractivity contribution in [1.82, 2.24) is 9.62 Å². The third kappa shape index (κ3) is 6.24. The summed E-state index contributed by atoms with van der Waals surface area (Å²) >= 11 is 17.6. The normalized spacial score (nSPS) is 10.2. The molecule has 4 amide bonds. The Balaban J connectivity index is 2.46. The molecule has 0 radical (unpaired) electrons. The average Bonchev–Trinajstić information content (AvgIpc) is 2.31. The first-order valence-electron chi connectivity index (χ1n) is 4.94. The summed E-state index contributed by atoms with van der Waals surface area (Å²) in [6, 6.07) is 5.15. The molecule has 0 heterocycles. The van der Waals surface area contributed by atoms with Crippen LogP contribution in [0.3, 0.4) is 0 Å². The van der Waals surface area contributed by atoms with Crippen molar-refractivity contribution in [3.05, 3.63) is 29.3 Å². The Morgan fingerprint density at radius 3 is 2.37 bits per heavy atom. The summed E-state index contributed by atoms with van der Waals surface area (Å²) in [6.07, 6.45) is 0. The van der Waals surface area contributed by atoms with Crippen LogP contribution in [0, 0.1) is 0 Å². The van der Waals surface area contributed by atoms with Gasteiger partial charge in [-0.2, -0.15) is 0 Å². The summed E-state index contributed by atoms with van der Waals surface area (Å²) in [4.78, 5) is 23.0. The van der Waals surface area contributed by atoms with Crippen LogP contribution in [0.5, 0.6) is 0 Å². The second-order valence-electron chi connectivity index (χ2n) is 3.25. The standard InChI is InChI=1S/C10H10Cl3N3O2S/c1-16(19-8(12)13)10(18)15-9(17)14-7-4-2-6(11)3-5-7/h2-5,8H,1H3,(H2,14,15,17,18). The number of halogens is 3. The van der Waals surface area contributed by atoms with Crippen LogP contribution >= 0.6 is 46.8 Å². The van der Waals surface area contributed by atoms with Gasteiger partial charge in [0.25, 0.3) is 0 Å². The Bertz CT molecular complexity index is 456. The van der Waals surface area contributed by atoms with Crippen molar-refractivity contribution < 1.29 is 9.59 Å². The Morgan fingerprint density at radius 1 is 1.26 bits per heavy atom. The lowest BCUT2D eigenvalue weighted by Crippen LogP contribution is -2.40. The highest BCUT2D eigenvalue weighted by molar-refractivity contribution is 8.00. The molecule has 1 aromatic rings. The SMILES string of the molecule is CN(SC(Cl)Cl)C(=O)NC(=O)Nc1ccc(Cl)cc1. The highest BCUT2D eigenvalue weighted by Crippen LogP contribution is 2.21. The molecule has 9 heteroatoms. The number of amides is 4. The lowest BCUT2D eigenvalue weighted by Gasteiger charge is -2.16. The molecule has 0 aliphatic carbocycles. The first-order chi connectivity index (χ1) is 8.88. The van der Waals surface area contributed by atoms with Crippen molar-refractivity contribution in [2.75, 3.05) is 12.4 Å². The molecule has 0 bridgehead atoms. The minimum absolute atomic E-state index is 0.512. The molecule has 0 spiro atoms. The summed E-state index contributed by atoms with van der Waals surface area (Å²) in [5.74, 6) is 0. The molecule has 0 saturated carbocycles. The smallest absolute Gasteiger partial charge is 0.308 e. The number of nitrogens with zero attached hydrogens (tertiary/aromatic N) is 1. The van der Waals surface area contributed by atoms with E-state index in [0.29, 0.717) is 10.7 Å². The molecular formula is C10H10Cl3N3O2S. The van der Waals surface area contributed by atoms with Gasteiger partial charge in [-0.3, -0.25) is 9.62 Å². The predicted octanol–water partition coefficient (Wildman–Crippen LogP) is 3.92. The molecule has 5 nitrogen and oxygen atoms in total. The molecule has 19 heavy (non-hydrogen) atoms. The summed E-state index contributed by atoms with van der Waals surface area (Å²) in [7, 11) is 1.44. The zero-order valence-corrected chi connectivity index (χ0v) is 12.8. The lowest BCUT2D eigenvalue weighted by molar-refractivity contribution is 0.225. The minimum atomic E-state index is -0.796. The number of anilines is 1. The third-order valence-electron chi connectivity index (χ3n) is 1.85. The molecule has 0 saturated heterocycles. The summed E-state index contributed by atoms with van der Waals surface area (Å²) in [6.45, 7) is 0. The van der Waals surface area contributed by atoms with Gasteiger partial charge in [0.1, 0.15) is 0 Å². The Kier molecular flexibility index (Phi) is 6.57. The summed E-state index contributed by atoms with van der Waals surface area (Å²) < 4.78 is 0.321. The van der Waals surface area contributed by atoms with Crippen LogP contribution in [0.1, 0.15) is 0 Å². The molecule has 0 atom stereocenters. The van der Waals surface area contributed by atoms with E-state index in [4.69, 9.17) is 34.8 Å². The number of carbonyl (C=O) groups excluding carboxylic acids is 2. The van der Waals surface area contributed by atoms with E-state index < -0.39 is 16.2 Å². The molecule has 0 aromatic heterocycles. The number of hydrogen-bond acceptors (Lipinski definition) is 3. The number of rotatable bonds is 3. The van der Waals surface area contributed by atoms with Gasteiger partial charge in [0.15, 0.2) is 4.17 Å². The second-order valence-corrected chi connectivity index (χ2v) is 6.53. The fourth-order valence-corrected chi connectivity index (χ4v) is 2.26. The van der Waals surface area contributed by atoms with Crippen molar-refractivity contribution in [1.29, 1.82) is 0 Å². The molecule has 0 aliphatic heterocycles. The second kappa shape index (κ2) is 7.69. The molecule has 1 aromatic carbocycles. The summed E-state index contributed by atoms with van der Waals surface area (Å²) in [5, 5.41) is 5.14. The van der Waals surface area contributed by atoms with Crippen LogP contribution in [0.4, 0.5) is 15.3 Å². The zero-order valence-electron chi connectivity index (χ0n) is 9.69. The number of imide groups is 1. The van der Waals surface area contributed by atoms with Crippen molar-refractivity contribution in [2.24, 2.45) is 0 Å². The Labute approximate surface area is 129 Å². The minimum Gasteiger partial charge on any atom is -0.308 e. The molecule has 2 N–H and O–H groups in total. The van der Waals surface area contributed by atoms with E-state index in [1.165, 1.54) is 7.05 Å². The van der Waals surface area contributed by atoms with Gasteiger partial charge in [0.2, 0.25) is 0 Å². The van der Waals surface area contributed by atoms with Gasteiger partial charge >= 0.3 is 12.1 Å². The van der Waals surface area contributed by atoms with Crippen LogP contribution in [-0.4, -0.2) is 27.6 Å². The average molecular weight is 343 g/mol. The van der Waals surface area contributed by atoms with Gasteiger partial charge in [-0.05, 0) is 36.2 Å². The van der Waals surface area contributed by atoms with Crippen molar-refractivity contribution >= 4 is 64.5 Å². The summed E-state index contributed by atoms with van der Waals surface area (Å²) in [5.41, 5.74) is 0.512. The van der Waals surface area contributed by atoms with E-state index in [0.717, 1.165) is 16.3 Å². The van der Waals surface area contributed by atoms with Gasteiger partial charge in [-0.15, -0.1) is 0 Å². The zero-order chi connectivity index (χ0) is 14.4. The monoisotopic (exact) mass is 341 g/mol.